The highest BCUT2D eigenvalue weighted by molar-refractivity contribution is 5.97. The first-order valence-electron chi connectivity index (χ1n) is 8.06. The molecule has 4 rings (SSSR count). The Morgan fingerprint density at radius 2 is 2.16 bits per heavy atom. The summed E-state index contributed by atoms with van der Waals surface area (Å²) in [7, 11) is 0. The predicted octanol–water partition coefficient (Wildman–Crippen LogP) is 2.44. The van der Waals surface area contributed by atoms with E-state index in [1.54, 1.807) is 6.92 Å². The Hall–Kier alpha value is -3.22. The maximum Gasteiger partial charge on any atom is 0.274 e. The third-order valence-corrected chi connectivity index (χ3v) is 4.39. The highest BCUT2D eigenvalue weighted by Gasteiger charge is 2.26. The average molecular weight is 335 g/mol. The number of nitrogens with zero attached hydrogens (tertiary/aromatic N) is 3. The highest BCUT2D eigenvalue weighted by Crippen LogP contribution is 2.31. The lowest BCUT2D eigenvalue weighted by molar-refractivity contribution is 0.0932. The van der Waals surface area contributed by atoms with Crippen molar-refractivity contribution in [2.24, 2.45) is 0 Å². The second kappa shape index (κ2) is 6.01. The van der Waals surface area contributed by atoms with Gasteiger partial charge in [-0.3, -0.25) is 4.79 Å². The lowest BCUT2D eigenvalue weighted by atomic mass is 10.1. The lowest BCUT2D eigenvalue weighted by Gasteiger charge is -2.15. The fourth-order valence-corrected chi connectivity index (χ4v) is 3.18. The van der Waals surface area contributed by atoms with Crippen molar-refractivity contribution in [2.45, 2.75) is 25.8 Å². The van der Waals surface area contributed by atoms with Gasteiger partial charge < -0.3 is 15.5 Å². The number of oxazole rings is 1. The molecule has 25 heavy (non-hydrogen) atoms. The van der Waals surface area contributed by atoms with E-state index >= 15 is 0 Å². The Morgan fingerprint density at radius 3 is 2.96 bits per heavy atom. The van der Waals surface area contributed by atoms with E-state index in [2.05, 4.69) is 26.3 Å². The number of nitrogens with one attached hydrogen (secondary N) is 1. The number of aromatic nitrogens is 3. The molecule has 0 saturated heterocycles. The van der Waals surface area contributed by atoms with E-state index in [1.807, 2.05) is 18.2 Å². The van der Waals surface area contributed by atoms with Crippen LogP contribution in [0.15, 0.2) is 41.1 Å². The molecule has 1 aromatic carbocycles. The van der Waals surface area contributed by atoms with Gasteiger partial charge in [-0.15, -0.1) is 0 Å². The van der Waals surface area contributed by atoms with Crippen LogP contribution in [0.1, 0.15) is 39.8 Å². The van der Waals surface area contributed by atoms with Crippen LogP contribution in [-0.2, 0) is 6.42 Å². The number of hydrogen-bond donors (Lipinski definition) is 2. The zero-order valence-electron chi connectivity index (χ0n) is 13.7. The van der Waals surface area contributed by atoms with Gasteiger partial charge in [-0.05, 0) is 30.9 Å². The zero-order chi connectivity index (χ0) is 17.4. The van der Waals surface area contributed by atoms with E-state index in [-0.39, 0.29) is 23.5 Å². The largest absolute Gasteiger partial charge is 0.443 e. The van der Waals surface area contributed by atoms with Gasteiger partial charge >= 0.3 is 0 Å². The quantitative estimate of drug-likeness (QED) is 0.761. The lowest BCUT2D eigenvalue weighted by Crippen LogP contribution is -2.29. The van der Waals surface area contributed by atoms with E-state index in [9.17, 15) is 4.79 Å². The zero-order valence-corrected chi connectivity index (χ0v) is 13.7. The summed E-state index contributed by atoms with van der Waals surface area (Å²) in [6, 6.07) is 8.09. The number of hydrogen-bond acceptors (Lipinski definition) is 6. The van der Waals surface area contributed by atoms with Gasteiger partial charge in [-0.1, -0.05) is 24.3 Å². The number of anilines is 1. The Kier molecular flexibility index (Phi) is 3.68. The topological polar surface area (TPSA) is 107 Å². The molecule has 1 amide bonds. The van der Waals surface area contributed by atoms with Gasteiger partial charge in [0, 0.05) is 0 Å². The number of fused-ring (bicyclic) bond motifs is 1. The molecule has 0 aliphatic heterocycles. The van der Waals surface area contributed by atoms with Gasteiger partial charge in [0.25, 0.3) is 5.91 Å². The number of carbonyl (C=O) groups is 1. The molecule has 1 aliphatic carbocycles. The van der Waals surface area contributed by atoms with Gasteiger partial charge in [0.2, 0.25) is 5.89 Å². The Balaban J connectivity index is 1.60. The van der Waals surface area contributed by atoms with Crippen LogP contribution in [0, 0.1) is 6.92 Å². The Labute approximate surface area is 144 Å². The first-order valence-corrected chi connectivity index (χ1v) is 8.06. The van der Waals surface area contributed by atoms with Gasteiger partial charge in [0.1, 0.15) is 12.0 Å². The van der Waals surface area contributed by atoms with Crippen molar-refractivity contribution in [3.63, 3.8) is 0 Å². The maximum absolute atomic E-state index is 12.6. The number of amides is 1. The van der Waals surface area contributed by atoms with E-state index in [4.69, 9.17) is 10.2 Å². The fraction of sp³-hybridized carbons (Fsp3) is 0.222. The van der Waals surface area contributed by atoms with Gasteiger partial charge in [0.15, 0.2) is 11.5 Å². The van der Waals surface area contributed by atoms with Crippen molar-refractivity contribution >= 4 is 11.7 Å². The van der Waals surface area contributed by atoms with Gasteiger partial charge in [-0.2, -0.15) is 0 Å². The smallest absolute Gasteiger partial charge is 0.274 e. The number of nitrogens with two attached hydrogens (primary N) is 1. The van der Waals surface area contributed by atoms with Crippen molar-refractivity contribution in [3.05, 3.63) is 59.2 Å². The van der Waals surface area contributed by atoms with Crippen molar-refractivity contribution < 1.29 is 9.21 Å². The summed E-state index contributed by atoms with van der Waals surface area (Å²) in [6.07, 6.45) is 4.78. The SMILES string of the molecule is Cc1nc(C(=O)N[C@H]2CCc3ccccc32)c(N)nc1-c1ncco1. The van der Waals surface area contributed by atoms with E-state index in [0.29, 0.717) is 17.3 Å². The molecule has 7 heteroatoms. The summed E-state index contributed by atoms with van der Waals surface area (Å²) in [5.74, 6) is 0.0599. The molecule has 2 aromatic heterocycles. The molecule has 0 fully saturated rings. The van der Waals surface area contributed by atoms with Crippen LogP contribution in [0.3, 0.4) is 0 Å². The predicted molar refractivity (Wildman–Crippen MR) is 91.6 cm³/mol. The van der Waals surface area contributed by atoms with Crippen LogP contribution in [0.25, 0.3) is 11.6 Å². The van der Waals surface area contributed by atoms with Crippen LogP contribution >= 0.6 is 0 Å². The number of nitrogen functional groups attached to an aromatic ring is 1. The van der Waals surface area contributed by atoms with Crippen LogP contribution < -0.4 is 11.1 Å². The van der Waals surface area contributed by atoms with Crippen molar-refractivity contribution in [2.75, 3.05) is 5.73 Å². The van der Waals surface area contributed by atoms with Gasteiger partial charge in [0.05, 0.1) is 17.9 Å². The molecule has 0 unspecified atom stereocenters. The summed E-state index contributed by atoms with van der Waals surface area (Å²) < 4.78 is 5.23. The number of carbonyl (C=O) groups excluding carboxylic acids is 1. The first-order chi connectivity index (χ1) is 12.1. The molecule has 1 atom stereocenters. The van der Waals surface area contributed by atoms with Crippen molar-refractivity contribution in [3.8, 4) is 11.6 Å². The molecule has 1 aliphatic rings. The molecule has 0 bridgehead atoms. The first kappa shape index (κ1) is 15.3. The van der Waals surface area contributed by atoms with E-state index in [1.165, 1.54) is 18.0 Å². The molecule has 0 spiro atoms. The van der Waals surface area contributed by atoms with Crippen LogP contribution in [0.4, 0.5) is 5.82 Å². The standard InChI is InChI=1S/C18H17N5O2/c1-10-14(18-20-8-9-25-18)23-16(19)15(21-10)17(24)22-13-7-6-11-4-2-3-5-12(11)13/h2-5,8-9,13H,6-7H2,1H3,(H2,19,23)(H,22,24)/t13-/m0/s1. The molecular weight excluding hydrogens is 318 g/mol. The number of benzene rings is 1. The number of aryl methyl sites for hydroxylation is 2. The van der Waals surface area contributed by atoms with Crippen LogP contribution in [0.5, 0.6) is 0 Å². The normalized spacial score (nSPS) is 15.8. The third kappa shape index (κ3) is 2.73. The third-order valence-electron chi connectivity index (χ3n) is 4.39. The summed E-state index contributed by atoms with van der Waals surface area (Å²) in [4.78, 5) is 25.3. The van der Waals surface area contributed by atoms with Crippen LogP contribution in [-0.4, -0.2) is 20.9 Å². The number of rotatable bonds is 3. The summed E-state index contributed by atoms with van der Waals surface area (Å²) in [6.45, 7) is 1.74. The van der Waals surface area contributed by atoms with Crippen molar-refractivity contribution in [1.29, 1.82) is 0 Å². The second-order valence-corrected chi connectivity index (χ2v) is 5.99. The molecule has 126 valence electrons. The van der Waals surface area contributed by atoms with Crippen LogP contribution in [0.2, 0.25) is 0 Å². The minimum Gasteiger partial charge on any atom is -0.443 e. The van der Waals surface area contributed by atoms with Gasteiger partial charge in [-0.25, -0.2) is 15.0 Å². The summed E-state index contributed by atoms with van der Waals surface area (Å²) >= 11 is 0. The Bertz CT molecular complexity index is 937. The molecule has 0 saturated carbocycles. The minimum atomic E-state index is -0.325. The molecule has 0 radical (unpaired) electrons. The van der Waals surface area contributed by atoms with E-state index < -0.39 is 0 Å². The molecule has 2 heterocycles. The highest BCUT2D eigenvalue weighted by atomic mass is 16.3. The molecular formula is C18H17N5O2. The molecule has 3 aromatic rings. The second-order valence-electron chi connectivity index (χ2n) is 5.99. The molecule has 3 N–H and O–H groups in total. The monoisotopic (exact) mass is 335 g/mol. The summed E-state index contributed by atoms with van der Waals surface area (Å²) in [5, 5.41) is 3.01. The maximum atomic E-state index is 12.6. The average Bonchev–Trinajstić information content (AvgIpc) is 3.27. The minimum absolute atomic E-state index is 0.0309. The molecule has 7 nitrogen and oxygen atoms in total. The fourth-order valence-electron chi connectivity index (χ4n) is 3.18. The van der Waals surface area contributed by atoms with Crippen molar-refractivity contribution in [1.82, 2.24) is 20.3 Å². The van der Waals surface area contributed by atoms with E-state index in [0.717, 1.165) is 18.4 Å². The summed E-state index contributed by atoms with van der Waals surface area (Å²) in [5.41, 5.74) is 9.47. The Morgan fingerprint density at radius 1 is 1.32 bits per heavy atom.